The molecule has 0 spiro atoms. The van der Waals surface area contributed by atoms with Gasteiger partial charge in [0.2, 0.25) is 11.8 Å². The number of anilines is 1. The lowest BCUT2D eigenvalue weighted by Gasteiger charge is -2.13. The van der Waals surface area contributed by atoms with Gasteiger partial charge in [0.25, 0.3) is 0 Å². The molecule has 114 valence electrons. The van der Waals surface area contributed by atoms with Gasteiger partial charge in [-0.3, -0.25) is 9.59 Å². The van der Waals surface area contributed by atoms with Crippen LogP contribution in [0.25, 0.3) is 0 Å². The van der Waals surface area contributed by atoms with Gasteiger partial charge in [0.05, 0.1) is 5.25 Å². The molecule has 2 rings (SSSR count). The number of thioether (sulfide) groups is 1. The Labute approximate surface area is 141 Å². The van der Waals surface area contributed by atoms with E-state index >= 15 is 0 Å². The summed E-state index contributed by atoms with van der Waals surface area (Å²) in [5.41, 5.74) is 6.22. The molecule has 2 amide bonds. The van der Waals surface area contributed by atoms with Crippen molar-refractivity contribution in [2.45, 2.75) is 17.1 Å². The van der Waals surface area contributed by atoms with Gasteiger partial charge in [-0.25, -0.2) is 0 Å². The molecule has 0 aliphatic carbocycles. The minimum atomic E-state index is -0.490. The molecule has 0 aliphatic heterocycles. The van der Waals surface area contributed by atoms with Crippen LogP contribution >= 0.6 is 27.7 Å². The highest BCUT2D eigenvalue weighted by Gasteiger charge is 2.15. The van der Waals surface area contributed by atoms with Gasteiger partial charge in [0.1, 0.15) is 0 Å². The van der Waals surface area contributed by atoms with Crippen molar-refractivity contribution in [3.8, 4) is 0 Å². The lowest BCUT2D eigenvalue weighted by molar-refractivity contribution is -0.115. The van der Waals surface area contributed by atoms with Crippen LogP contribution in [0.4, 0.5) is 5.69 Å². The summed E-state index contributed by atoms with van der Waals surface area (Å²) < 4.78 is 0.963. The zero-order chi connectivity index (χ0) is 16.1. The van der Waals surface area contributed by atoms with E-state index in [0.29, 0.717) is 11.3 Å². The topological polar surface area (TPSA) is 72.2 Å². The van der Waals surface area contributed by atoms with Crippen LogP contribution in [-0.2, 0) is 4.79 Å². The maximum Gasteiger partial charge on any atom is 0.248 e. The molecular weight excluding hydrogens is 364 g/mol. The number of hydrogen-bond donors (Lipinski definition) is 2. The summed E-state index contributed by atoms with van der Waals surface area (Å²) in [5.74, 6) is -0.594. The summed E-state index contributed by atoms with van der Waals surface area (Å²) in [4.78, 5) is 24.2. The largest absolute Gasteiger partial charge is 0.366 e. The Hall–Kier alpha value is -1.79. The molecule has 2 aromatic carbocycles. The summed E-state index contributed by atoms with van der Waals surface area (Å²) >= 11 is 4.94. The van der Waals surface area contributed by atoms with Crippen LogP contribution in [0.3, 0.4) is 0 Å². The third-order valence-corrected chi connectivity index (χ3v) is 5.08. The lowest BCUT2D eigenvalue weighted by Crippen LogP contribution is -2.22. The molecule has 6 heteroatoms. The second-order valence-corrected chi connectivity index (χ2v) is 6.86. The minimum absolute atomic E-state index is 0.104. The number of nitrogens with two attached hydrogens (primary N) is 1. The van der Waals surface area contributed by atoms with E-state index in [9.17, 15) is 9.59 Å². The summed E-state index contributed by atoms with van der Waals surface area (Å²) in [6.45, 7) is 1.84. The maximum absolute atomic E-state index is 12.2. The summed E-state index contributed by atoms with van der Waals surface area (Å²) in [5, 5.41) is 2.57. The molecule has 22 heavy (non-hydrogen) atoms. The van der Waals surface area contributed by atoms with E-state index in [1.165, 1.54) is 11.8 Å². The Morgan fingerprint density at radius 3 is 2.36 bits per heavy atom. The first-order chi connectivity index (χ1) is 10.5. The van der Waals surface area contributed by atoms with Crippen LogP contribution in [0.2, 0.25) is 0 Å². The molecule has 0 saturated carbocycles. The van der Waals surface area contributed by atoms with Gasteiger partial charge in [-0.1, -0.05) is 12.1 Å². The molecule has 0 fully saturated rings. The Bertz CT molecular complexity index is 689. The molecule has 0 radical (unpaired) electrons. The summed E-state index contributed by atoms with van der Waals surface area (Å²) in [7, 11) is 0. The smallest absolute Gasteiger partial charge is 0.248 e. The zero-order valence-electron chi connectivity index (χ0n) is 11.9. The highest BCUT2D eigenvalue weighted by molar-refractivity contribution is 9.10. The van der Waals surface area contributed by atoms with Crippen molar-refractivity contribution in [3.05, 3.63) is 58.6 Å². The number of hydrogen-bond acceptors (Lipinski definition) is 3. The predicted molar refractivity (Wildman–Crippen MR) is 93.1 cm³/mol. The Kier molecular flexibility index (Phi) is 5.63. The van der Waals surface area contributed by atoms with Crippen LogP contribution in [0.15, 0.2) is 57.9 Å². The SMILES string of the molecule is C[C@@H](Sc1ccccc1Br)C(=O)Nc1ccc(C(N)=O)cc1. The van der Waals surface area contributed by atoms with Gasteiger partial charge >= 0.3 is 0 Å². The van der Waals surface area contributed by atoms with E-state index in [-0.39, 0.29) is 11.2 Å². The van der Waals surface area contributed by atoms with Crippen LogP contribution in [-0.4, -0.2) is 17.1 Å². The standard InChI is InChI=1S/C16H15BrN2O2S/c1-10(22-14-5-3-2-4-13(14)17)16(21)19-12-8-6-11(7-9-12)15(18)20/h2-10H,1H3,(H2,18,20)(H,19,21)/t10-/m1/s1. The van der Waals surface area contributed by atoms with Gasteiger partial charge in [-0.05, 0) is 59.3 Å². The molecule has 0 bridgehead atoms. The predicted octanol–water partition coefficient (Wildman–Crippen LogP) is 3.67. The van der Waals surface area contributed by atoms with Crippen molar-refractivity contribution in [2.24, 2.45) is 5.73 Å². The number of rotatable bonds is 5. The van der Waals surface area contributed by atoms with Crippen molar-refractivity contribution < 1.29 is 9.59 Å². The Morgan fingerprint density at radius 2 is 1.77 bits per heavy atom. The first-order valence-electron chi connectivity index (χ1n) is 6.59. The average molecular weight is 379 g/mol. The normalized spacial score (nSPS) is 11.7. The number of amides is 2. The van der Waals surface area contributed by atoms with Crippen molar-refractivity contribution in [3.63, 3.8) is 0 Å². The highest BCUT2D eigenvalue weighted by atomic mass is 79.9. The fourth-order valence-corrected chi connectivity index (χ4v) is 3.20. The van der Waals surface area contributed by atoms with Gasteiger partial charge in [0.15, 0.2) is 0 Å². The van der Waals surface area contributed by atoms with Crippen LogP contribution in [0.5, 0.6) is 0 Å². The highest BCUT2D eigenvalue weighted by Crippen LogP contribution is 2.30. The Balaban J connectivity index is 1.99. The molecule has 0 unspecified atom stereocenters. The van der Waals surface area contributed by atoms with E-state index in [1.54, 1.807) is 24.3 Å². The van der Waals surface area contributed by atoms with E-state index in [0.717, 1.165) is 9.37 Å². The molecule has 3 N–H and O–H groups in total. The third-order valence-electron chi connectivity index (χ3n) is 2.95. The second kappa shape index (κ2) is 7.47. The number of primary amides is 1. The van der Waals surface area contributed by atoms with Crippen LogP contribution in [0.1, 0.15) is 17.3 Å². The monoisotopic (exact) mass is 378 g/mol. The van der Waals surface area contributed by atoms with E-state index < -0.39 is 5.91 Å². The van der Waals surface area contributed by atoms with Crippen LogP contribution < -0.4 is 11.1 Å². The summed E-state index contributed by atoms with van der Waals surface area (Å²) in [6.07, 6.45) is 0. The molecular formula is C16H15BrN2O2S. The van der Waals surface area contributed by atoms with Gasteiger partial charge in [-0.2, -0.15) is 0 Å². The third kappa shape index (κ3) is 4.35. The lowest BCUT2D eigenvalue weighted by atomic mass is 10.2. The van der Waals surface area contributed by atoms with Gasteiger partial charge < -0.3 is 11.1 Å². The Morgan fingerprint density at radius 1 is 1.14 bits per heavy atom. The molecule has 0 aromatic heterocycles. The fourth-order valence-electron chi connectivity index (χ4n) is 1.75. The zero-order valence-corrected chi connectivity index (χ0v) is 14.3. The van der Waals surface area contributed by atoms with E-state index in [2.05, 4.69) is 21.2 Å². The van der Waals surface area contributed by atoms with E-state index in [4.69, 9.17) is 5.73 Å². The average Bonchev–Trinajstić information content (AvgIpc) is 2.50. The van der Waals surface area contributed by atoms with Gasteiger partial charge in [0, 0.05) is 20.6 Å². The van der Waals surface area contributed by atoms with Crippen LogP contribution in [0, 0.1) is 0 Å². The fraction of sp³-hybridized carbons (Fsp3) is 0.125. The molecule has 0 heterocycles. The molecule has 1 atom stereocenters. The minimum Gasteiger partial charge on any atom is -0.366 e. The van der Waals surface area contributed by atoms with Crippen molar-refractivity contribution in [1.82, 2.24) is 0 Å². The first kappa shape index (κ1) is 16.6. The number of nitrogens with one attached hydrogen (secondary N) is 1. The van der Waals surface area contributed by atoms with Gasteiger partial charge in [-0.15, -0.1) is 11.8 Å². The van der Waals surface area contributed by atoms with Crippen molar-refractivity contribution >= 4 is 45.2 Å². The quantitative estimate of drug-likeness (QED) is 0.779. The van der Waals surface area contributed by atoms with Crippen molar-refractivity contribution in [2.75, 3.05) is 5.32 Å². The van der Waals surface area contributed by atoms with Crippen molar-refractivity contribution in [1.29, 1.82) is 0 Å². The second-order valence-electron chi connectivity index (χ2n) is 4.62. The number of benzene rings is 2. The number of carbonyl (C=O) groups excluding carboxylic acids is 2. The molecule has 2 aromatic rings. The number of carbonyl (C=O) groups is 2. The van der Waals surface area contributed by atoms with E-state index in [1.807, 2.05) is 31.2 Å². The summed E-state index contributed by atoms with van der Waals surface area (Å²) in [6, 6.07) is 14.3. The first-order valence-corrected chi connectivity index (χ1v) is 8.26. The maximum atomic E-state index is 12.2. The number of halogens is 1. The molecule has 0 aliphatic rings. The molecule has 0 saturated heterocycles. The molecule has 4 nitrogen and oxygen atoms in total.